The minimum Gasteiger partial charge on any atom is -0.478 e. The second kappa shape index (κ2) is 10.1. The van der Waals surface area contributed by atoms with Crippen LogP contribution in [0.3, 0.4) is 0 Å². The Kier molecular flexibility index (Phi) is 8.79. The van der Waals surface area contributed by atoms with Gasteiger partial charge in [-0.05, 0) is 12.1 Å². The van der Waals surface area contributed by atoms with E-state index in [0.717, 1.165) is 0 Å². The number of rotatable bonds is 8. The van der Waals surface area contributed by atoms with Crippen molar-refractivity contribution in [3.8, 4) is 11.8 Å². The standard InChI is InChI=1S/C14H16Cl2N4O5S.ClH/c1-24-14-13(18-5-11(19-14)25-7-8(17)6-21)20-26(22,23)10-4-2-3-9(15)12(10)16;/h2-5,8,21H,6-7,17H2,1H3,(H,18,20);1H/t8-;/m1./s1. The van der Waals surface area contributed by atoms with E-state index in [1.807, 2.05) is 0 Å². The summed E-state index contributed by atoms with van der Waals surface area (Å²) in [7, 11) is -2.80. The van der Waals surface area contributed by atoms with Gasteiger partial charge in [-0.25, -0.2) is 13.4 Å². The maximum absolute atomic E-state index is 12.5. The molecule has 1 atom stereocenters. The van der Waals surface area contributed by atoms with Crippen LogP contribution in [0.15, 0.2) is 29.3 Å². The van der Waals surface area contributed by atoms with Crippen LogP contribution < -0.4 is 19.9 Å². The Labute approximate surface area is 172 Å². The summed E-state index contributed by atoms with van der Waals surface area (Å²) in [6.07, 6.45) is 1.18. The van der Waals surface area contributed by atoms with Gasteiger partial charge >= 0.3 is 0 Å². The van der Waals surface area contributed by atoms with Crippen molar-refractivity contribution in [3.63, 3.8) is 0 Å². The molecule has 0 aliphatic heterocycles. The van der Waals surface area contributed by atoms with Crippen molar-refractivity contribution in [2.24, 2.45) is 5.73 Å². The van der Waals surface area contributed by atoms with Crippen molar-refractivity contribution in [3.05, 3.63) is 34.4 Å². The van der Waals surface area contributed by atoms with Crippen LogP contribution in [0.1, 0.15) is 0 Å². The van der Waals surface area contributed by atoms with Crippen LogP contribution in [-0.4, -0.2) is 49.9 Å². The van der Waals surface area contributed by atoms with Gasteiger partial charge in [-0.2, -0.15) is 4.98 Å². The molecule has 0 spiro atoms. The fraction of sp³-hybridized carbons (Fsp3) is 0.286. The summed E-state index contributed by atoms with van der Waals surface area (Å²) in [5.74, 6) is -0.237. The van der Waals surface area contributed by atoms with Gasteiger partial charge in [0.1, 0.15) is 11.5 Å². The predicted molar refractivity (Wildman–Crippen MR) is 104 cm³/mol. The lowest BCUT2D eigenvalue weighted by Gasteiger charge is -2.13. The normalized spacial score (nSPS) is 12.0. The lowest BCUT2D eigenvalue weighted by atomic mass is 10.4. The summed E-state index contributed by atoms with van der Waals surface area (Å²) in [5.41, 5.74) is 5.53. The van der Waals surface area contributed by atoms with Gasteiger partial charge in [0.2, 0.25) is 11.7 Å². The van der Waals surface area contributed by atoms with Gasteiger partial charge in [-0.1, -0.05) is 29.3 Å². The maximum atomic E-state index is 12.5. The van der Waals surface area contributed by atoms with Crippen molar-refractivity contribution in [2.45, 2.75) is 10.9 Å². The summed E-state index contributed by atoms with van der Waals surface area (Å²) >= 11 is 11.8. The lowest BCUT2D eigenvalue weighted by Crippen LogP contribution is -2.31. The summed E-state index contributed by atoms with van der Waals surface area (Å²) in [6.45, 7) is -0.264. The fourth-order valence-electron chi connectivity index (χ4n) is 1.76. The van der Waals surface area contributed by atoms with Crippen LogP contribution in [0.25, 0.3) is 0 Å². The molecular weight excluding hydrogens is 443 g/mol. The van der Waals surface area contributed by atoms with Gasteiger partial charge in [0.05, 0.1) is 36.0 Å². The van der Waals surface area contributed by atoms with E-state index in [-0.39, 0.29) is 58.1 Å². The number of aliphatic hydroxyl groups excluding tert-OH is 1. The molecule has 0 aliphatic carbocycles. The van der Waals surface area contributed by atoms with Crippen molar-refractivity contribution in [2.75, 3.05) is 25.0 Å². The molecule has 0 unspecified atom stereocenters. The number of nitrogens with two attached hydrogens (primary N) is 1. The molecule has 1 aromatic heterocycles. The number of ether oxygens (including phenoxy) is 2. The molecule has 2 aromatic rings. The molecule has 0 fully saturated rings. The molecule has 0 radical (unpaired) electrons. The van der Waals surface area contributed by atoms with Gasteiger partial charge in [0, 0.05) is 0 Å². The van der Waals surface area contributed by atoms with Crippen LogP contribution in [0, 0.1) is 0 Å². The zero-order chi connectivity index (χ0) is 19.3. The average molecular weight is 460 g/mol. The highest BCUT2D eigenvalue weighted by Gasteiger charge is 2.23. The highest BCUT2D eigenvalue weighted by atomic mass is 35.5. The fourth-order valence-corrected chi connectivity index (χ4v) is 3.53. The van der Waals surface area contributed by atoms with E-state index < -0.39 is 16.1 Å². The van der Waals surface area contributed by atoms with E-state index >= 15 is 0 Å². The summed E-state index contributed by atoms with van der Waals surface area (Å²) < 4.78 is 37.6. The third kappa shape index (κ3) is 5.96. The predicted octanol–water partition coefficient (Wildman–Crippen LogP) is 1.71. The smallest absolute Gasteiger partial charge is 0.264 e. The Bertz CT molecular complexity index is 885. The third-order valence-electron chi connectivity index (χ3n) is 3.03. The molecular formula is C14H17Cl3N4O5S. The number of methoxy groups -OCH3 is 1. The molecule has 27 heavy (non-hydrogen) atoms. The summed E-state index contributed by atoms with van der Waals surface area (Å²) in [4.78, 5) is 7.70. The van der Waals surface area contributed by atoms with E-state index in [1.54, 1.807) is 0 Å². The molecule has 150 valence electrons. The highest BCUT2D eigenvalue weighted by Crippen LogP contribution is 2.31. The van der Waals surface area contributed by atoms with Crippen LogP contribution in [0.5, 0.6) is 11.8 Å². The van der Waals surface area contributed by atoms with Crippen LogP contribution in [0.2, 0.25) is 10.0 Å². The Morgan fingerprint density at radius 3 is 2.70 bits per heavy atom. The SMILES string of the molecule is COc1nc(OC[C@H](N)CO)cnc1NS(=O)(=O)c1cccc(Cl)c1Cl.Cl. The monoisotopic (exact) mass is 458 g/mol. The van der Waals surface area contributed by atoms with Crippen LogP contribution >= 0.6 is 35.6 Å². The number of benzene rings is 1. The van der Waals surface area contributed by atoms with E-state index in [4.69, 9.17) is 43.5 Å². The van der Waals surface area contributed by atoms with Crippen LogP contribution in [-0.2, 0) is 10.0 Å². The Hall–Kier alpha value is -1.56. The Balaban J connectivity index is 0.00000364. The molecule has 4 N–H and O–H groups in total. The van der Waals surface area contributed by atoms with E-state index in [0.29, 0.717) is 0 Å². The first-order chi connectivity index (χ1) is 12.3. The molecule has 1 heterocycles. The first-order valence-corrected chi connectivity index (χ1v) is 9.39. The van der Waals surface area contributed by atoms with E-state index in [9.17, 15) is 8.42 Å². The number of aliphatic hydroxyl groups is 1. The zero-order valence-corrected chi connectivity index (χ0v) is 17.1. The van der Waals surface area contributed by atoms with Gasteiger partial charge in [0.15, 0.2) is 0 Å². The number of nitrogens with zero attached hydrogens (tertiary/aromatic N) is 2. The molecule has 0 saturated carbocycles. The zero-order valence-electron chi connectivity index (χ0n) is 13.9. The van der Waals surface area contributed by atoms with Crippen molar-refractivity contribution in [1.82, 2.24) is 9.97 Å². The van der Waals surface area contributed by atoms with Crippen molar-refractivity contribution in [1.29, 1.82) is 0 Å². The molecule has 0 amide bonds. The second-order valence-electron chi connectivity index (χ2n) is 4.98. The number of aromatic nitrogens is 2. The summed E-state index contributed by atoms with van der Waals surface area (Å²) in [6, 6.07) is 3.62. The lowest BCUT2D eigenvalue weighted by molar-refractivity contribution is 0.201. The quantitative estimate of drug-likeness (QED) is 0.542. The number of hydrogen-bond donors (Lipinski definition) is 3. The van der Waals surface area contributed by atoms with E-state index in [1.165, 1.54) is 31.5 Å². The third-order valence-corrected chi connectivity index (χ3v) is 5.34. The Morgan fingerprint density at radius 2 is 2.07 bits per heavy atom. The number of halogens is 3. The minimum atomic E-state index is -4.08. The molecule has 2 rings (SSSR count). The maximum Gasteiger partial charge on any atom is 0.264 e. The van der Waals surface area contributed by atoms with Gasteiger partial charge in [0.25, 0.3) is 15.9 Å². The molecule has 0 aliphatic rings. The van der Waals surface area contributed by atoms with E-state index in [2.05, 4.69) is 14.7 Å². The first-order valence-electron chi connectivity index (χ1n) is 7.15. The molecule has 0 saturated heterocycles. The number of hydrogen-bond acceptors (Lipinski definition) is 8. The van der Waals surface area contributed by atoms with Gasteiger partial charge in [-0.15, -0.1) is 12.4 Å². The van der Waals surface area contributed by atoms with Gasteiger partial charge in [-0.3, -0.25) is 4.72 Å². The number of sulfonamides is 1. The van der Waals surface area contributed by atoms with Gasteiger partial charge < -0.3 is 20.3 Å². The largest absolute Gasteiger partial charge is 0.478 e. The molecule has 13 heteroatoms. The molecule has 9 nitrogen and oxygen atoms in total. The second-order valence-corrected chi connectivity index (χ2v) is 7.41. The highest BCUT2D eigenvalue weighted by molar-refractivity contribution is 7.92. The average Bonchev–Trinajstić information content (AvgIpc) is 2.62. The molecule has 0 bridgehead atoms. The van der Waals surface area contributed by atoms with Crippen molar-refractivity contribution >= 4 is 51.5 Å². The number of anilines is 1. The first kappa shape index (κ1) is 23.5. The van der Waals surface area contributed by atoms with Crippen molar-refractivity contribution < 1.29 is 23.0 Å². The Morgan fingerprint density at radius 1 is 1.37 bits per heavy atom. The van der Waals surface area contributed by atoms with Crippen LogP contribution in [0.4, 0.5) is 5.82 Å². The molecule has 1 aromatic carbocycles. The topological polar surface area (TPSA) is 137 Å². The minimum absolute atomic E-state index is 0. The summed E-state index contributed by atoms with van der Waals surface area (Å²) in [5, 5.41) is 8.85. The number of nitrogens with one attached hydrogen (secondary N) is 1.